The zero-order chi connectivity index (χ0) is 19.6. The van der Waals surface area contributed by atoms with Gasteiger partial charge in [-0.2, -0.15) is 0 Å². The predicted molar refractivity (Wildman–Crippen MR) is 115 cm³/mol. The number of hydrogen-bond donors (Lipinski definition) is 0. The Morgan fingerprint density at radius 3 is 2.36 bits per heavy atom. The molecule has 5 rings (SSSR count). The standard InChI is InChI=1S/C26H25N2/c1-16-12-23-22(20-11-10-17(2)27-25(20)26(23,3)4)14-21(16)24-13-18-8-6-7-9-19(18)15-28(24)5/h6-15H,1-5H3/q+1. The minimum Gasteiger partial charge on any atom is -0.257 e. The Bertz CT molecular complexity index is 1270. The quantitative estimate of drug-likeness (QED) is 0.398. The summed E-state index contributed by atoms with van der Waals surface area (Å²) < 4.78 is 2.24. The van der Waals surface area contributed by atoms with Gasteiger partial charge in [-0.05, 0) is 54.1 Å². The van der Waals surface area contributed by atoms with E-state index in [1.54, 1.807) is 0 Å². The highest BCUT2D eigenvalue weighted by molar-refractivity contribution is 5.87. The maximum Gasteiger partial charge on any atom is 0.213 e. The van der Waals surface area contributed by atoms with E-state index in [4.69, 9.17) is 4.98 Å². The van der Waals surface area contributed by atoms with Gasteiger partial charge in [0.2, 0.25) is 5.69 Å². The number of aromatic nitrogens is 2. The summed E-state index contributed by atoms with van der Waals surface area (Å²) in [5.74, 6) is 0. The first-order valence-corrected chi connectivity index (χ1v) is 9.88. The number of benzene rings is 2. The molecule has 0 spiro atoms. The second-order valence-corrected chi connectivity index (χ2v) is 8.59. The van der Waals surface area contributed by atoms with Gasteiger partial charge in [0.15, 0.2) is 6.20 Å². The minimum absolute atomic E-state index is 0.0639. The molecule has 0 N–H and O–H groups in total. The van der Waals surface area contributed by atoms with Crippen molar-refractivity contribution in [2.24, 2.45) is 7.05 Å². The van der Waals surface area contributed by atoms with Crippen LogP contribution in [0.5, 0.6) is 0 Å². The van der Waals surface area contributed by atoms with Crippen molar-refractivity contribution in [2.75, 3.05) is 0 Å². The van der Waals surface area contributed by atoms with Gasteiger partial charge in [0.05, 0.1) is 5.69 Å². The second kappa shape index (κ2) is 5.75. The number of hydrogen-bond acceptors (Lipinski definition) is 1. The van der Waals surface area contributed by atoms with E-state index in [0.717, 1.165) is 5.69 Å². The number of nitrogens with zero attached hydrogens (tertiary/aromatic N) is 2. The molecule has 4 aromatic rings. The van der Waals surface area contributed by atoms with E-state index in [1.165, 1.54) is 50.0 Å². The lowest BCUT2D eigenvalue weighted by atomic mass is 9.83. The highest BCUT2D eigenvalue weighted by Crippen LogP contribution is 2.49. The fourth-order valence-electron chi connectivity index (χ4n) is 4.66. The maximum atomic E-state index is 4.91. The normalized spacial score (nSPS) is 14.2. The topological polar surface area (TPSA) is 16.8 Å². The lowest BCUT2D eigenvalue weighted by Crippen LogP contribution is -2.30. The van der Waals surface area contributed by atoms with Gasteiger partial charge in [0.1, 0.15) is 7.05 Å². The van der Waals surface area contributed by atoms with E-state index in [9.17, 15) is 0 Å². The smallest absolute Gasteiger partial charge is 0.213 e. The molecule has 2 aromatic carbocycles. The Morgan fingerprint density at radius 2 is 1.57 bits per heavy atom. The molecule has 28 heavy (non-hydrogen) atoms. The minimum atomic E-state index is -0.0639. The van der Waals surface area contributed by atoms with Crippen molar-refractivity contribution >= 4 is 10.8 Å². The molecule has 2 aromatic heterocycles. The average Bonchev–Trinajstić information content (AvgIpc) is 2.87. The molecule has 0 unspecified atom stereocenters. The van der Waals surface area contributed by atoms with Crippen molar-refractivity contribution in [3.8, 4) is 22.4 Å². The van der Waals surface area contributed by atoms with E-state index in [0.29, 0.717) is 0 Å². The van der Waals surface area contributed by atoms with Gasteiger partial charge in [-0.1, -0.05) is 44.2 Å². The summed E-state index contributed by atoms with van der Waals surface area (Å²) in [4.78, 5) is 4.91. The maximum absolute atomic E-state index is 4.91. The number of fused-ring (bicyclic) bond motifs is 4. The van der Waals surface area contributed by atoms with Crippen LogP contribution in [-0.2, 0) is 12.5 Å². The van der Waals surface area contributed by atoms with Gasteiger partial charge in [-0.15, -0.1) is 0 Å². The van der Waals surface area contributed by atoms with Crippen molar-refractivity contribution in [3.05, 3.63) is 83.3 Å². The van der Waals surface area contributed by atoms with Crippen molar-refractivity contribution in [2.45, 2.75) is 33.1 Å². The van der Waals surface area contributed by atoms with Gasteiger partial charge in [-0.25, -0.2) is 4.57 Å². The Balaban J connectivity index is 1.78. The van der Waals surface area contributed by atoms with Crippen LogP contribution in [0.4, 0.5) is 0 Å². The van der Waals surface area contributed by atoms with Crippen molar-refractivity contribution in [1.82, 2.24) is 4.98 Å². The zero-order valence-electron chi connectivity index (χ0n) is 17.2. The lowest BCUT2D eigenvalue weighted by Gasteiger charge is -2.21. The summed E-state index contributed by atoms with van der Waals surface area (Å²) in [6, 6.07) is 20.0. The molecule has 2 heterocycles. The van der Waals surface area contributed by atoms with E-state index in [-0.39, 0.29) is 5.41 Å². The van der Waals surface area contributed by atoms with Crippen LogP contribution < -0.4 is 4.57 Å². The zero-order valence-corrected chi connectivity index (χ0v) is 17.2. The van der Waals surface area contributed by atoms with E-state index < -0.39 is 0 Å². The molecule has 0 fully saturated rings. The molecule has 0 aliphatic heterocycles. The predicted octanol–water partition coefficient (Wildman–Crippen LogP) is 5.65. The first-order chi connectivity index (χ1) is 13.4. The Kier molecular flexibility index (Phi) is 3.51. The third-order valence-corrected chi connectivity index (χ3v) is 6.23. The third-order valence-electron chi connectivity index (χ3n) is 6.23. The Labute approximate surface area is 166 Å². The first-order valence-electron chi connectivity index (χ1n) is 9.88. The molecule has 0 bridgehead atoms. The molecule has 138 valence electrons. The average molecular weight is 366 g/mol. The van der Waals surface area contributed by atoms with E-state index in [2.05, 4.69) is 100 Å². The summed E-state index contributed by atoms with van der Waals surface area (Å²) in [6.07, 6.45) is 2.22. The summed E-state index contributed by atoms with van der Waals surface area (Å²) in [5, 5.41) is 2.53. The fraction of sp³-hybridized carbons (Fsp3) is 0.231. The molecule has 0 saturated heterocycles. The molecule has 1 aliphatic rings. The Morgan fingerprint density at radius 1 is 0.821 bits per heavy atom. The van der Waals surface area contributed by atoms with E-state index >= 15 is 0 Å². The van der Waals surface area contributed by atoms with Crippen LogP contribution in [0.3, 0.4) is 0 Å². The molecule has 0 radical (unpaired) electrons. The molecule has 2 nitrogen and oxygen atoms in total. The van der Waals surface area contributed by atoms with Crippen LogP contribution in [0.25, 0.3) is 33.2 Å². The lowest BCUT2D eigenvalue weighted by molar-refractivity contribution is -0.659. The number of pyridine rings is 2. The molecule has 0 atom stereocenters. The first kappa shape index (κ1) is 17.1. The van der Waals surface area contributed by atoms with Crippen LogP contribution in [0.1, 0.15) is 36.4 Å². The summed E-state index contributed by atoms with van der Waals surface area (Å²) in [6.45, 7) is 8.88. The molecular formula is C26H25N2+. The molecule has 2 heteroatoms. The van der Waals surface area contributed by atoms with Crippen molar-refractivity contribution < 1.29 is 4.57 Å². The third kappa shape index (κ3) is 2.34. The van der Waals surface area contributed by atoms with E-state index in [1.807, 2.05) is 0 Å². The van der Waals surface area contributed by atoms with Crippen LogP contribution in [0, 0.1) is 13.8 Å². The summed E-state index contributed by atoms with van der Waals surface area (Å²) in [5.41, 5.74) is 10.0. The highest BCUT2D eigenvalue weighted by Gasteiger charge is 2.38. The van der Waals surface area contributed by atoms with Gasteiger partial charge < -0.3 is 0 Å². The largest absolute Gasteiger partial charge is 0.257 e. The van der Waals surface area contributed by atoms with Gasteiger partial charge in [0.25, 0.3) is 0 Å². The monoisotopic (exact) mass is 365 g/mol. The molecule has 0 saturated carbocycles. The summed E-state index contributed by atoms with van der Waals surface area (Å²) >= 11 is 0. The molecular weight excluding hydrogens is 340 g/mol. The van der Waals surface area contributed by atoms with Crippen LogP contribution in [0.2, 0.25) is 0 Å². The molecule has 0 amide bonds. The van der Waals surface area contributed by atoms with Crippen LogP contribution >= 0.6 is 0 Å². The van der Waals surface area contributed by atoms with Crippen molar-refractivity contribution in [1.29, 1.82) is 0 Å². The fourth-order valence-corrected chi connectivity index (χ4v) is 4.66. The van der Waals surface area contributed by atoms with Gasteiger partial charge >= 0.3 is 0 Å². The summed E-state index contributed by atoms with van der Waals surface area (Å²) in [7, 11) is 2.14. The SMILES string of the molecule is Cc1ccc2c(n1)C(C)(C)c1cc(C)c(-c3cc4ccccc4c[n+]3C)cc1-2. The van der Waals surface area contributed by atoms with Crippen molar-refractivity contribution in [3.63, 3.8) is 0 Å². The highest BCUT2D eigenvalue weighted by atomic mass is 14.9. The second-order valence-electron chi connectivity index (χ2n) is 8.59. The Hall–Kier alpha value is -3.00. The number of rotatable bonds is 1. The van der Waals surface area contributed by atoms with Gasteiger partial charge in [0, 0.05) is 33.7 Å². The van der Waals surface area contributed by atoms with Gasteiger partial charge in [-0.3, -0.25) is 4.98 Å². The number of aryl methyl sites for hydroxylation is 3. The molecule has 1 aliphatic carbocycles. The van der Waals surface area contributed by atoms with Crippen LogP contribution in [-0.4, -0.2) is 4.98 Å². The van der Waals surface area contributed by atoms with Crippen LogP contribution in [0.15, 0.2) is 60.8 Å².